The van der Waals surface area contributed by atoms with E-state index in [2.05, 4.69) is 12.2 Å². The largest absolute Gasteiger partial charge is 0.339 e. The maximum Gasteiger partial charge on any atom is 0.256 e. The molecule has 0 radical (unpaired) electrons. The van der Waals surface area contributed by atoms with Crippen LogP contribution < -0.4 is 5.32 Å². The van der Waals surface area contributed by atoms with E-state index < -0.39 is 5.82 Å². The number of hydrogen-bond acceptors (Lipinski definition) is 3. The van der Waals surface area contributed by atoms with Gasteiger partial charge in [-0.3, -0.25) is 9.59 Å². The number of carbonyl (C=O) groups is 2. The number of hydrogen-bond donors (Lipinski definition) is 1. The number of nitrogens with one attached hydrogen (secondary N) is 1. The normalized spacial score (nSPS) is 20.3. The Morgan fingerprint density at radius 3 is 2.78 bits per heavy atom. The van der Waals surface area contributed by atoms with Crippen LogP contribution >= 0.6 is 11.8 Å². The molecule has 1 saturated carbocycles. The van der Waals surface area contributed by atoms with Gasteiger partial charge in [0.1, 0.15) is 5.82 Å². The van der Waals surface area contributed by atoms with E-state index in [-0.39, 0.29) is 23.4 Å². The monoisotopic (exact) mass is 338 g/mol. The van der Waals surface area contributed by atoms with E-state index in [0.717, 1.165) is 25.0 Å². The Morgan fingerprint density at radius 1 is 1.39 bits per heavy atom. The van der Waals surface area contributed by atoms with Crippen LogP contribution in [0.25, 0.3) is 0 Å². The highest BCUT2D eigenvalue weighted by Crippen LogP contribution is 2.33. The summed E-state index contributed by atoms with van der Waals surface area (Å²) in [6.45, 7) is 3.51. The highest BCUT2D eigenvalue weighted by atomic mass is 32.2. The Kier molecular flexibility index (Phi) is 6.04. The van der Waals surface area contributed by atoms with Crippen molar-refractivity contribution in [3.05, 3.63) is 29.6 Å². The van der Waals surface area contributed by atoms with Crippen molar-refractivity contribution in [1.29, 1.82) is 0 Å². The molecule has 2 atom stereocenters. The van der Waals surface area contributed by atoms with Crippen LogP contribution in [0, 0.1) is 5.82 Å². The molecule has 1 aromatic carbocycles. The van der Waals surface area contributed by atoms with E-state index in [9.17, 15) is 14.0 Å². The van der Waals surface area contributed by atoms with Gasteiger partial charge in [-0.25, -0.2) is 4.39 Å². The Hall–Kier alpha value is -1.56. The van der Waals surface area contributed by atoms with Crippen molar-refractivity contribution in [2.24, 2.45) is 0 Å². The molecule has 1 N–H and O–H groups in total. The molecule has 4 nitrogen and oxygen atoms in total. The van der Waals surface area contributed by atoms with Crippen molar-refractivity contribution in [3.8, 4) is 0 Å². The second-order valence-electron chi connectivity index (χ2n) is 5.84. The van der Waals surface area contributed by atoms with Gasteiger partial charge in [0.05, 0.1) is 5.56 Å². The zero-order valence-corrected chi connectivity index (χ0v) is 14.6. The first-order chi connectivity index (χ1) is 10.9. The van der Waals surface area contributed by atoms with Crippen LogP contribution in [0.4, 0.5) is 10.1 Å². The fraction of sp³-hybridized carbons (Fsp3) is 0.529. The average molecular weight is 338 g/mol. The molecule has 6 heteroatoms. The molecule has 1 fully saturated rings. The predicted octanol–water partition coefficient (Wildman–Crippen LogP) is 3.53. The summed E-state index contributed by atoms with van der Waals surface area (Å²) in [4.78, 5) is 25.4. The van der Waals surface area contributed by atoms with Gasteiger partial charge in [0.25, 0.3) is 5.91 Å². The molecule has 0 aliphatic heterocycles. The molecule has 0 bridgehead atoms. The first kappa shape index (κ1) is 17.8. The van der Waals surface area contributed by atoms with Crippen LogP contribution in [0.5, 0.6) is 0 Å². The minimum atomic E-state index is -0.562. The van der Waals surface area contributed by atoms with Crippen LogP contribution in [0.15, 0.2) is 18.2 Å². The fourth-order valence-corrected chi connectivity index (χ4v) is 4.11. The predicted molar refractivity (Wildman–Crippen MR) is 92.4 cm³/mol. The minimum Gasteiger partial charge on any atom is -0.339 e. The molecule has 0 saturated heterocycles. The number of amides is 2. The average Bonchev–Trinajstić information content (AvgIpc) is 2.96. The van der Waals surface area contributed by atoms with E-state index in [1.165, 1.54) is 25.1 Å². The van der Waals surface area contributed by atoms with E-state index >= 15 is 0 Å². The third kappa shape index (κ3) is 4.47. The third-order valence-electron chi connectivity index (χ3n) is 4.14. The lowest BCUT2D eigenvalue weighted by Gasteiger charge is -2.25. The molecule has 23 heavy (non-hydrogen) atoms. The molecule has 0 aromatic heterocycles. The standard InChI is InChI=1S/C17H23FN2O2S/c1-4-23-14-7-6-13(10-14)20(3)17(22)15-9-12(19-11(2)21)5-8-16(15)18/h5,8-9,13-14H,4,6-7,10H2,1-3H3,(H,19,21)/t13-,14-/m1/s1. The van der Waals surface area contributed by atoms with Crippen LogP contribution in [0.1, 0.15) is 43.5 Å². The molecule has 2 amide bonds. The lowest BCUT2D eigenvalue weighted by atomic mass is 10.1. The summed E-state index contributed by atoms with van der Waals surface area (Å²) in [5.74, 6) is -0.0727. The molecule has 2 rings (SSSR count). The van der Waals surface area contributed by atoms with Gasteiger partial charge < -0.3 is 10.2 Å². The number of halogens is 1. The summed E-state index contributed by atoms with van der Waals surface area (Å²) < 4.78 is 14.0. The number of anilines is 1. The molecular formula is C17H23FN2O2S. The summed E-state index contributed by atoms with van der Waals surface area (Å²) in [5.41, 5.74) is 0.437. The summed E-state index contributed by atoms with van der Waals surface area (Å²) in [5, 5.41) is 3.16. The van der Waals surface area contributed by atoms with Gasteiger partial charge in [0, 0.05) is 31.0 Å². The number of rotatable bonds is 5. The van der Waals surface area contributed by atoms with Gasteiger partial charge in [-0.1, -0.05) is 6.92 Å². The molecule has 0 spiro atoms. The maximum atomic E-state index is 14.0. The summed E-state index contributed by atoms with van der Waals surface area (Å²) >= 11 is 1.92. The lowest BCUT2D eigenvalue weighted by Crippen LogP contribution is -2.36. The van der Waals surface area contributed by atoms with Gasteiger partial charge >= 0.3 is 0 Å². The molecule has 1 aromatic rings. The van der Waals surface area contributed by atoms with Crippen LogP contribution in [0.2, 0.25) is 0 Å². The second-order valence-corrected chi connectivity index (χ2v) is 7.41. The van der Waals surface area contributed by atoms with E-state index in [4.69, 9.17) is 0 Å². The number of thioether (sulfide) groups is 1. The topological polar surface area (TPSA) is 49.4 Å². The smallest absolute Gasteiger partial charge is 0.256 e. The summed E-state index contributed by atoms with van der Waals surface area (Å²) in [6.07, 6.45) is 3.00. The second kappa shape index (κ2) is 7.81. The van der Waals surface area contributed by atoms with Crippen molar-refractivity contribution in [1.82, 2.24) is 4.90 Å². The maximum absolute atomic E-state index is 14.0. The highest BCUT2D eigenvalue weighted by molar-refractivity contribution is 7.99. The van der Waals surface area contributed by atoms with Gasteiger partial charge in [-0.15, -0.1) is 0 Å². The number of benzene rings is 1. The van der Waals surface area contributed by atoms with Crippen molar-refractivity contribution >= 4 is 29.3 Å². The molecule has 0 unspecified atom stereocenters. The number of nitrogens with zero attached hydrogens (tertiary/aromatic N) is 1. The molecule has 1 aliphatic carbocycles. The Bertz CT molecular complexity index is 594. The lowest BCUT2D eigenvalue weighted by molar-refractivity contribution is -0.114. The van der Waals surface area contributed by atoms with E-state index in [0.29, 0.717) is 10.9 Å². The van der Waals surface area contributed by atoms with Crippen LogP contribution in [-0.4, -0.2) is 40.8 Å². The fourth-order valence-electron chi connectivity index (χ4n) is 2.98. The van der Waals surface area contributed by atoms with Gasteiger partial charge in [0.15, 0.2) is 0 Å². The van der Waals surface area contributed by atoms with Crippen LogP contribution in [-0.2, 0) is 4.79 Å². The zero-order chi connectivity index (χ0) is 17.0. The SMILES string of the molecule is CCS[C@@H]1CC[C@@H](N(C)C(=O)c2cc(NC(C)=O)ccc2F)C1. The first-order valence-corrected chi connectivity index (χ1v) is 8.93. The number of carbonyl (C=O) groups excluding carboxylic acids is 2. The van der Waals surface area contributed by atoms with E-state index in [1.807, 2.05) is 11.8 Å². The van der Waals surface area contributed by atoms with E-state index in [1.54, 1.807) is 11.9 Å². The minimum absolute atomic E-state index is 0.00495. The summed E-state index contributed by atoms with van der Waals surface area (Å²) in [7, 11) is 1.73. The van der Waals surface area contributed by atoms with Crippen LogP contribution in [0.3, 0.4) is 0 Å². The molecule has 0 heterocycles. The first-order valence-electron chi connectivity index (χ1n) is 7.88. The third-order valence-corrected chi connectivity index (χ3v) is 5.38. The molecule has 1 aliphatic rings. The van der Waals surface area contributed by atoms with Crippen molar-refractivity contribution in [2.75, 3.05) is 18.1 Å². The Labute approximate surface area is 140 Å². The quantitative estimate of drug-likeness (QED) is 0.893. The van der Waals surface area contributed by atoms with Gasteiger partial charge in [-0.2, -0.15) is 11.8 Å². The molecular weight excluding hydrogens is 315 g/mol. The molecule has 126 valence electrons. The van der Waals surface area contributed by atoms with Gasteiger partial charge in [0.2, 0.25) is 5.91 Å². The zero-order valence-electron chi connectivity index (χ0n) is 13.8. The Balaban J connectivity index is 2.11. The van der Waals surface area contributed by atoms with Crippen molar-refractivity contribution in [2.45, 2.75) is 44.4 Å². The highest BCUT2D eigenvalue weighted by Gasteiger charge is 2.31. The Morgan fingerprint density at radius 2 is 2.13 bits per heavy atom. The van der Waals surface area contributed by atoms with Crippen molar-refractivity contribution in [3.63, 3.8) is 0 Å². The van der Waals surface area contributed by atoms with Crippen molar-refractivity contribution < 1.29 is 14.0 Å². The van der Waals surface area contributed by atoms with Gasteiger partial charge in [-0.05, 0) is 43.2 Å². The summed E-state index contributed by atoms with van der Waals surface area (Å²) in [6, 6.07) is 4.23.